The van der Waals surface area contributed by atoms with Crippen molar-refractivity contribution in [2.75, 3.05) is 12.4 Å². The summed E-state index contributed by atoms with van der Waals surface area (Å²) in [5.74, 6) is -0.561. The molecule has 2 aromatic carbocycles. The number of phenolic OH excluding ortho intramolecular Hbond substituents is 1. The number of nitrogens with one attached hydrogen (secondary N) is 1. The Hall–Kier alpha value is -2.83. The standard InChI is InChI=1S/C14H13FN2O4/c1-21-14-5-2-9(6-11(14)15)8-16-12-4-3-10(18)7-13(12)17(19)20/h2-7,16,18H,8H2,1H3. The molecule has 0 radical (unpaired) electrons. The highest BCUT2D eigenvalue weighted by Gasteiger charge is 2.14. The molecule has 0 amide bonds. The van der Waals surface area contributed by atoms with Crippen LogP contribution >= 0.6 is 0 Å². The van der Waals surface area contributed by atoms with Crippen LogP contribution in [0.5, 0.6) is 11.5 Å². The van der Waals surface area contributed by atoms with Crippen molar-refractivity contribution in [2.45, 2.75) is 6.54 Å². The highest BCUT2D eigenvalue weighted by Crippen LogP contribution is 2.29. The largest absolute Gasteiger partial charge is 0.508 e. The highest BCUT2D eigenvalue weighted by molar-refractivity contribution is 5.63. The minimum atomic E-state index is -0.601. The van der Waals surface area contributed by atoms with E-state index >= 15 is 0 Å². The molecule has 6 nitrogen and oxygen atoms in total. The van der Waals surface area contributed by atoms with Gasteiger partial charge in [-0.2, -0.15) is 0 Å². The van der Waals surface area contributed by atoms with E-state index in [-0.39, 0.29) is 29.4 Å². The van der Waals surface area contributed by atoms with Crippen molar-refractivity contribution in [1.82, 2.24) is 0 Å². The molecule has 0 heterocycles. The van der Waals surface area contributed by atoms with Crippen LogP contribution in [0.3, 0.4) is 0 Å². The lowest BCUT2D eigenvalue weighted by Crippen LogP contribution is -2.03. The zero-order chi connectivity index (χ0) is 15.4. The first-order chi connectivity index (χ1) is 10.0. The lowest BCUT2D eigenvalue weighted by atomic mass is 10.2. The number of nitrogens with zero attached hydrogens (tertiary/aromatic N) is 1. The van der Waals surface area contributed by atoms with Gasteiger partial charge in [-0.05, 0) is 29.8 Å². The van der Waals surface area contributed by atoms with Gasteiger partial charge in [0.05, 0.1) is 18.1 Å². The Kier molecular flexibility index (Phi) is 4.22. The second-order valence-corrected chi connectivity index (χ2v) is 4.28. The van der Waals surface area contributed by atoms with Crippen molar-refractivity contribution in [3.8, 4) is 11.5 Å². The molecule has 110 valence electrons. The summed E-state index contributed by atoms with van der Waals surface area (Å²) >= 11 is 0. The summed E-state index contributed by atoms with van der Waals surface area (Å²) in [5.41, 5.74) is 0.605. The predicted molar refractivity (Wildman–Crippen MR) is 75.0 cm³/mol. The molecule has 0 aliphatic carbocycles. The first-order valence-electron chi connectivity index (χ1n) is 6.05. The van der Waals surface area contributed by atoms with E-state index in [0.29, 0.717) is 5.56 Å². The Morgan fingerprint density at radius 2 is 2.10 bits per heavy atom. The van der Waals surface area contributed by atoms with E-state index < -0.39 is 10.7 Å². The third-order valence-electron chi connectivity index (χ3n) is 2.88. The number of nitro benzene ring substituents is 1. The van der Waals surface area contributed by atoms with Gasteiger partial charge in [0.1, 0.15) is 11.4 Å². The number of benzene rings is 2. The molecule has 2 rings (SSSR count). The van der Waals surface area contributed by atoms with Crippen LogP contribution < -0.4 is 10.1 Å². The number of methoxy groups -OCH3 is 1. The van der Waals surface area contributed by atoms with E-state index in [1.807, 2.05) is 0 Å². The molecular formula is C14H13FN2O4. The Morgan fingerprint density at radius 1 is 1.33 bits per heavy atom. The number of ether oxygens (including phenoxy) is 1. The zero-order valence-corrected chi connectivity index (χ0v) is 11.2. The number of rotatable bonds is 5. The Morgan fingerprint density at radius 3 is 2.71 bits per heavy atom. The Labute approximate surface area is 119 Å². The molecule has 7 heteroatoms. The maximum Gasteiger partial charge on any atom is 0.296 e. The smallest absolute Gasteiger partial charge is 0.296 e. The maximum atomic E-state index is 13.5. The summed E-state index contributed by atoms with van der Waals surface area (Å²) in [5, 5.41) is 23.0. The summed E-state index contributed by atoms with van der Waals surface area (Å²) in [6, 6.07) is 8.21. The molecule has 2 N–H and O–H groups in total. The van der Waals surface area contributed by atoms with Crippen LogP contribution in [0.15, 0.2) is 36.4 Å². The van der Waals surface area contributed by atoms with E-state index in [4.69, 9.17) is 4.74 Å². The molecule has 0 unspecified atom stereocenters. The van der Waals surface area contributed by atoms with Crippen molar-refractivity contribution in [3.05, 3.63) is 57.9 Å². The maximum absolute atomic E-state index is 13.5. The Balaban J connectivity index is 2.16. The number of nitro groups is 1. The quantitative estimate of drug-likeness (QED) is 0.502. The number of anilines is 1. The van der Waals surface area contributed by atoms with Crippen molar-refractivity contribution in [1.29, 1.82) is 0 Å². The van der Waals surface area contributed by atoms with Gasteiger partial charge in [0.25, 0.3) is 5.69 Å². The van der Waals surface area contributed by atoms with Gasteiger partial charge in [0, 0.05) is 6.54 Å². The summed E-state index contributed by atoms with van der Waals surface area (Å²) in [6.45, 7) is 0.201. The molecule has 0 atom stereocenters. The monoisotopic (exact) mass is 292 g/mol. The molecule has 0 aliphatic rings. The van der Waals surface area contributed by atoms with E-state index in [1.54, 1.807) is 6.07 Å². The average molecular weight is 292 g/mol. The lowest BCUT2D eigenvalue weighted by molar-refractivity contribution is -0.384. The van der Waals surface area contributed by atoms with Crippen molar-refractivity contribution in [3.63, 3.8) is 0 Å². The van der Waals surface area contributed by atoms with E-state index in [9.17, 15) is 19.6 Å². The predicted octanol–water partition coefficient (Wildman–Crippen LogP) is 3.06. The third-order valence-corrected chi connectivity index (χ3v) is 2.88. The molecule has 0 saturated heterocycles. The van der Waals surface area contributed by atoms with Gasteiger partial charge in [-0.25, -0.2) is 4.39 Å². The summed E-state index contributed by atoms with van der Waals surface area (Å²) < 4.78 is 18.4. The minimum absolute atomic E-state index is 0.134. The molecular weight excluding hydrogens is 279 g/mol. The fourth-order valence-electron chi connectivity index (χ4n) is 1.84. The fraction of sp³-hybridized carbons (Fsp3) is 0.143. The topological polar surface area (TPSA) is 84.6 Å². The van der Waals surface area contributed by atoms with Crippen molar-refractivity contribution >= 4 is 11.4 Å². The van der Waals surface area contributed by atoms with Gasteiger partial charge >= 0.3 is 0 Å². The average Bonchev–Trinajstić information content (AvgIpc) is 2.46. The van der Waals surface area contributed by atoms with Crippen molar-refractivity contribution < 1.29 is 19.2 Å². The molecule has 0 saturated carbocycles. The van der Waals surface area contributed by atoms with Crippen LogP contribution in [0, 0.1) is 15.9 Å². The van der Waals surface area contributed by atoms with Gasteiger partial charge in [0.2, 0.25) is 0 Å². The first kappa shape index (κ1) is 14.6. The van der Waals surface area contributed by atoms with Gasteiger partial charge in [-0.1, -0.05) is 6.07 Å². The molecule has 0 spiro atoms. The highest BCUT2D eigenvalue weighted by atomic mass is 19.1. The minimum Gasteiger partial charge on any atom is -0.508 e. The van der Waals surface area contributed by atoms with Crippen molar-refractivity contribution in [2.24, 2.45) is 0 Å². The zero-order valence-electron chi connectivity index (χ0n) is 11.2. The SMILES string of the molecule is COc1ccc(CNc2ccc(O)cc2[N+](=O)[O-])cc1F. The summed E-state index contributed by atoms with van der Waals surface area (Å²) in [6.07, 6.45) is 0. The summed E-state index contributed by atoms with van der Waals surface area (Å²) in [4.78, 5) is 10.3. The normalized spacial score (nSPS) is 10.2. The van der Waals surface area contributed by atoms with Crippen LogP contribution in [0.1, 0.15) is 5.56 Å². The molecule has 0 aliphatic heterocycles. The van der Waals surface area contributed by atoms with Crippen LogP contribution in [0.4, 0.5) is 15.8 Å². The second kappa shape index (κ2) is 6.08. The molecule has 0 fully saturated rings. The number of halogens is 1. The van der Waals surface area contributed by atoms with Gasteiger partial charge in [-0.15, -0.1) is 0 Å². The number of hydrogen-bond donors (Lipinski definition) is 2. The van der Waals surface area contributed by atoms with Crippen LogP contribution in [0.25, 0.3) is 0 Å². The molecule has 0 bridgehead atoms. The number of hydrogen-bond acceptors (Lipinski definition) is 5. The fourth-order valence-corrected chi connectivity index (χ4v) is 1.84. The Bertz CT molecular complexity index is 676. The van der Waals surface area contributed by atoms with E-state index in [0.717, 1.165) is 6.07 Å². The van der Waals surface area contributed by atoms with Crippen LogP contribution in [-0.4, -0.2) is 17.1 Å². The summed E-state index contributed by atoms with van der Waals surface area (Å²) in [7, 11) is 1.37. The third kappa shape index (κ3) is 3.38. The van der Waals surface area contributed by atoms with E-state index in [2.05, 4.69) is 5.32 Å². The van der Waals surface area contributed by atoms with Gasteiger partial charge < -0.3 is 15.2 Å². The van der Waals surface area contributed by atoms with Crippen LogP contribution in [0.2, 0.25) is 0 Å². The molecule has 0 aromatic heterocycles. The lowest BCUT2D eigenvalue weighted by Gasteiger charge is -2.09. The molecule has 21 heavy (non-hydrogen) atoms. The first-order valence-corrected chi connectivity index (χ1v) is 6.05. The number of aromatic hydroxyl groups is 1. The van der Waals surface area contributed by atoms with E-state index in [1.165, 1.54) is 31.4 Å². The molecule has 2 aromatic rings. The second-order valence-electron chi connectivity index (χ2n) is 4.28. The number of phenols is 1. The van der Waals surface area contributed by atoms with Gasteiger partial charge in [0.15, 0.2) is 11.6 Å². The van der Waals surface area contributed by atoms with Crippen LogP contribution in [-0.2, 0) is 6.54 Å². The van der Waals surface area contributed by atoms with Gasteiger partial charge in [-0.3, -0.25) is 10.1 Å².